The molecule has 116 valence electrons. The zero-order valence-corrected chi connectivity index (χ0v) is 13.3. The number of hydrogen-bond donors (Lipinski definition) is 1. The molecule has 1 heterocycles. The molecule has 22 heavy (non-hydrogen) atoms. The minimum absolute atomic E-state index is 0.000735. The van der Waals surface area contributed by atoms with Crippen molar-refractivity contribution in [1.29, 1.82) is 0 Å². The number of carboxylic acid groups (broad SMARTS) is 1. The van der Waals surface area contributed by atoms with Crippen molar-refractivity contribution in [2.45, 2.75) is 30.6 Å². The first-order chi connectivity index (χ1) is 10.5. The molecule has 1 aromatic heterocycles. The smallest absolute Gasteiger partial charge is 0.262 e. The van der Waals surface area contributed by atoms with Crippen LogP contribution in [0.15, 0.2) is 35.2 Å². The lowest BCUT2D eigenvalue weighted by molar-refractivity contribution is -0.254. The number of aromatic carboxylic acids is 1. The molecule has 0 atom stereocenters. The van der Waals surface area contributed by atoms with Crippen LogP contribution < -0.4 is 9.83 Å². The van der Waals surface area contributed by atoms with E-state index in [1.165, 1.54) is 23.5 Å². The molecule has 0 fully saturated rings. The average molecular weight is 336 g/mol. The summed E-state index contributed by atoms with van der Waals surface area (Å²) in [5.41, 5.74) is 0.723. The highest BCUT2D eigenvalue weighted by atomic mass is 32.2. The molecule has 1 aromatic carbocycles. The van der Waals surface area contributed by atoms with E-state index in [2.05, 4.69) is 4.72 Å². The van der Waals surface area contributed by atoms with Crippen LogP contribution >= 0.6 is 11.3 Å². The fraction of sp³-hybridized carbons (Fsp3) is 0.267. The first-order valence-corrected chi connectivity index (χ1v) is 9.23. The van der Waals surface area contributed by atoms with Gasteiger partial charge in [-0.1, -0.05) is 18.2 Å². The number of anilines is 1. The first kappa shape index (κ1) is 15.1. The van der Waals surface area contributed by atoms with Crippen molar-refractivity contribution in [3.05, 3.63) is 46.3 Å². The van der Waals surface area contributed by atoms with Gasteiger partial charge in [-0.05, 0) is 43.4 Å². The molecule has 1 N–H and O–H groups in total. The number of carbonyl (C=O) groups excluding carboxylic acids is 1. The van der Waals surface area contributed by atoms with E-state index in [0.29, 0.717) is 6.42 Å². The van der Waals surface area contributed by atoms with E-state index in [1.807, 2.05) is 0 Å². The molecule has 5 nitrogen and oxygen atoms in total. The lowest BCUT2D eigenvalue weighted by Crippen LogP contribution is -2.25. The Morgan fingerprint density at radius 2 is 1.82 bits per heavy atom. The molecular weight excluding hydrogens is 322 g/mol. The average Bonchev–Trinajstić information content (AvgIpc) is 2.85. The van der Waals surface area contributed by atoms with Crippen molar-refractivity contribution >= 4 is 32.3 Å². The molecule has 0 saturated heterocycles. The SMILES string of the molecule is O=C([O-])c1c(NS(=O)(=O)c2ccccc2)sc2c1CCCC2. The van der Waals surface area contributed by atoms with Gasteiger partial charge in [-0.25, -0.2) is 8.42 Å². The van der Waals surface area contributed by atoms with E-state index >= 15 is 0 Å². The molecule has 0 unspecified atom stereocenters. The number of carbonyl (C=O) groups is 1. The van der Waals surface area contributed by atoms with Crippen LogP contribution in [-0.4, -0.2) is 14.4 Å². The fourth-order valence-corrected chi connectivity index (χ4v) is 5.24. The Balaban J connectivity index is 2.02. The Bertz CT molecular complexity index is 810. The number of rotatable bonds is 4. The summed E-state index contributed by atoms with van der Waals surface area (Å²) in [5, 5.41) is 11.6. The van der Waals surface area contributed by atoms with Crippen molar-refractivity contribution in [2.75, 3.05) is 4.72 Å². The summed E-state index contributed by atoms with van der Waals surface area (Å²) in [5.74, 6) is -1.33. The van der Waals surface area contributed by atoms with Crippen LogP contribution in [0.4, 0.5) is 5.00 Å². The Labute approximate surface area is 132 Å². The second-order valence-electron chi connectivity index (χ2n) is 5.12. The summed E-state index contributed by atoms with van der Waals surface area (Å²) < 4.78 is 27.2. The first-order valence-electron chi connectivity index (χ1n) is 6.93. The second kappa shape index (κ2) is 5.73. The van der Waals surface area contributed by atoms with Crippen LogP contribution in [0.5, 0.6) is 0 Å². The summed E-state index contributed by atoms with van der Waals surface area (Å²) >= 11 is 1.20. The van der Waals surface area contributed by atoms with E-state index in [9.17, 15) is 18.3 Å². The predicted octanol–water partition coefficient (Wildman–Crippen LogP) is 1.79. The number of thiophene rings is 1. The minimum atomic E-state index is -3.80. The van der Waals surface area contributed by atoms with Gasteiger partial charge in [-0.15, -0.1) is 11.3 Å². The standard InChI is InChI=1S/C15H15NO4S2/c17-15(18)13-11-8-4-5-9-12(11)21-14(13)16-22(19,20)10-6-2-1-3-7-10/h1-3,6-7,16H,4-5,8-9H2,(H,17,18)/p-1. The van der Waals surface area contributed by atoms with Gasteiger partial charge in [-0.3, -0.25) is 4.72 Å². The fourth-order valence-electron chi connectivity index (χ4n) is 2.63. The molecule has 0 saturated carbocycles. The number of nitrogens with one attached hydrogen (secondary N) is 1. The second-order valence-corrected chi connectivity index (χ2v) is 7.91. The molecule has 0 aliphatic heterocycles. The van der Waals surface area contributed by atoms with Gasteiger partial charge in [0.2, 0.25) is 0 Å². The lowest BCUT2D eigenvalue weighted by atomic mass is 9.96. The van der Waals surface area contributed by atoms with Gasteiger partial charge >= 0.3 is 0 Å². The normalized spacial score (nSPS) is 14.4. The third-order valence-corrected chi connectivity index (χ3v) is 6.36. The number of sulfonamides is 1. The number of benzene rings is 1. The molecule has 2 aromatic rings. The molecule has 1 aliphatic rings. The zero-order valence-electron chi connectivity index (χ0n) is 11.7. The van der Waals surface area contributed by atoms with Crippen molar-refractivity contribution < 1.29 is 18.3 Å². The third-order valence-electron chi connectivity index (χ3n) is 3.66. The van der Waals surface area contributed by atoms with E-state index in [1.54, 1.807) is 18.2 Å². The van der Waals surface area contributed by atoms with E-state index in [4.69, 9.17) is 0 Å². The molecule has 7 heteroatoms. The molecule has 0 amide bonds. The number of hydrogen-bond acceptors (Lipinski definition) is 5. The number of carboxylic acids is 1. The van der Waals surface area contributed by atoms with Crippen LogP contribution in [-0.2, 0) is 22.9 Å². The van der Waals surface area contributed by atoms with Crippen LogP contribution in [0, 0.1) is 0 Å². The van der Waals surface area contributed by atoms with E-state index < -0.39 is 16.0 Å². The van der Waals surface area contributed by atoms with Crippen molar-refractivity contribution in [3.8, 4) is 0 Å². The topological polar surface area (TPSA) is 86.3 Å². The van der Waals surface area contributed by atoms with Crippen LogP contribution in [0.25, 0.3) is 0 Å². The van der Waals surface area contributed by atoms with Gasteiger partial charge in [0.25, 0.3) is 10.0 Å². The summed E-state index contributed by atoms with van der Waals surface area (Å²) in [6.07, 6.45) is 3.34. The summed E-state index contributed by atoms with van der Waals surface area (Å²) in [6.45, 7) is 0. The molecular formula is C15H14NO4S2-. The number of fused-ring (bicyclic) bond motifs is 1. The zero-order chi connectivity index (χ0) is 15.7. The number of aryl methyl sites for hydroxylation is 1. The molecule has 3 rings (SSSR count). The third kappa shape index (κ3) is 2.74. The predicted molar refractivity (Wildman–Crippen MR) is 82.5 cm³/mol. The Kier molecular flexibility index (Phi) is 3.92. The highest BCUT2D eigenvalue weighted by molar-refractivity contribution is 7.93. The maximum Gasteiger partial charge on any atom is 0.262 e. The highest BCUT2D eigenvalue weighted by Gasteiger charge is 2.24. The largest absolute Gasteiger partial charge is 0.545 e. The van der Waals surface area contributed by atoms with Crippen LogP contribution in [0.2, 0.25) is 0 Å². The Morgan fingerprint density at radius 1 is 1.14 bits per heavy atom. The minimum Gasteiger partial charge on any atom is -0.545 e. The van der Waals surface area contributed by atoms with Gasteiger partial charge < -0.3 is 9.90 Å². The summed E-state index contributed by atoms with van der Waals surface area (Å²) in [6, 6.07) is 7.89. The monoisotopic (exact) mass is 336 g/mol. The summed E-state index contributed by atoms with van der Waals surface area (Å²) in [4.78, 5) is 12.5. The maximum atomic E-state index is 12.4. The van der Waals surface area contributed by atoms with Crippen molar-refractivity contribution in [2.24, 2.45) is 0 Å². The Hall–Kier alpha value is -1.86. The van der Waals surface area contributed by atoms with E-state index in [0.717, 1.165) is 29.7 Å². The van der Waals surface area contributed by atoms with Gasteiger partial charge in [0, 0.05) is 10.4 Å². The van der Waals surface area contributed by atoms with Crippen molar-refractivity contribution in [3.63, 3.8) is 0 Å². The highest BCUT2D eigenvalue weighted by Crippen LogP contribution is 2.38. The Morgan fingerprint density at radius 3 is 2.50 bits per heavy atom. The quantitative estimate of drug-likeness (QED) is 0.922. The van der Waals surface area contributed by atoms with Crippen LogP contribution in [0.1, 0.15) is 33.6 Å². The summed E-state index contributed by atoms with van der Waals surface area (Å²) in [7, 11) is -3.80. The van der Waals surface area contributed by atoms with Crippen molar-refractivity contribution in [1.82, 2.24) is 0 Å². The van der Waals surface area contributed by atoms with Gasteiger partial charge in [-0.2, -0.15) is 0 Å². The van der Waals surface area contributed by atoms with Gasteiger partial charge in [0.15, 0.2) is 0 Å². The van der Waals surface area contributed by atoms with Gasteiger partial charge in [0.05, 0.1) is 10.9 Å². The lowest BCUT2D eigenvalue weighted by Gasteiger charge is -2.13. The molecule has 0 spiro atoms. The molecule has 1 aliphatic carbocycles. The van der Waals surface area contributed by atoms with E-state index in [-0.39, 0.29) is 15.5 Å². The van der Waals surface area contributed by atoms with Gasteiger partial charge in [0.1, 0.15) is 5.00 Å². The van der Waals surface area contributed by atoms with Crippen LogP contribution in [0.3, 0.4) is 0 Å². The maximum absolute atomic E-state index is 12.4. The molecule has 0 radical (unpaired) electrons. The molecule has 0 bridgehead atoms.